The van der Waals surface area contributed by atoms with E-state index in [9.17, 15) is 13.2 Å². The molecule has 0 radical (unpaired) electrons. The lowest BCUT2D eigenvalue weighted by atomic mass is 10.1. The fourth-order valence-corrected chi connectivity index (χ4v) is 1.94. The number of benzene rings is 2. The van der Waals surface area contributed by atoms with E-state index >= 15 is 0 Å². The van der Waals surface area contributed by atoms with E-state index < -0.39 is 17.5 Å². The minimum atomic E-state index is -1.22. The van der Waals surface area contributed by atoms with Gasteiger partial charge in [-0.2, -0.15) is 0 Å². The van der Waals surface area contributed by atoms with Crippen LogP contribution in [0.1, 0.15) is 5.56 Å². The molecule has 21 heavy (non-hydrogen) atoms. The molecule has 0 heterocycles. The van der Waals surface area contributed by atoms with E-state index in [4.69, 9.17) is 9.47 Å². The Labute approximate surface area is 120 Å². The third kappa shape index (κ3) is 3.21. The number of hydrogen-bond donors (Lipinski definition) is 1. The van der Waals surface area contributed by atoms with E-state index in [1.807, 2.05) is 0 Å². The third-order valence-electron chi connectivity index (χ3n) is 2.96. The van der Waals surface area contributed by atoms with E-state index in [0.29, 0.717) is 23.1 Å². The van der Waals surface area contributed by atoms with Crippen molar-refractivity contribution in [3.8, 4) is 11.5 Å². The number of halogens is 3. The number of methoxy groups -OCH3 is 2. The second-order valence-corrected chi connectivity index (χ2v) is 4.25. The maximum Gasteiger partial charge on any atom is 0.165 e. The number of nitrogens with one attached hydrogen (secondary N) is 1. The van der Waals surface area contributed by atoms with Crippen molar-refractivity contribution in [2.24, 2.45) is 0 Å². The molecule has 0 spiro atoms. The largest absolute Gasteiger partial charge is 0.493 e. The Morgan fingerprint density at radius 1 is 0.952 bits per heavy atom. The molecule has 3 nitrogen and oxygen atoms in total. The summed E-state index contributed by atoms with van der Waals surface area (Å²) in [5.41, 5.74) is 0.569. The summed E-state index contributed by atoms with van der Waals surface area (Å²) >= 11 is 0. The molecule has 0 aromatic heterocycles. The van der Waals surface area contributed by atoms with Gasteiger partial charge < -0.3 is 14.8 Å². The molecule has 0 aliphatic heterocycles. The van der Waals surface area contributed by atoms with E-state index in [-0.39, 0.29) is 12.2 Å². The molecule has 0 aliphatic carbocycles. The Balaban J connectivity index is 2.22. The van der Waals surface area contributed by atoms with Crippen LogP contribution >= 0.6 is 0 Å². The van der Waals surface area contributed by atoms with Gasteiger partial charge in [-0.25, -0.2) is 13.2 Å². The summed E-state index contributed by atoms with van der Waals surface area (Å²) in [5.74, 6) is -2.18. The second kappa shape index (κ2) is 6.39. The van der Waals surface area contributed by atoms with Crippen molar-refractivity contribution < 1.29 is 22.6 Å². The molecule has 0 aliphatic rings. The van der Waals surface area contributed by atoms with Crippen molar-refractivity contribution in [1.29, 1.82) is 0 Å². The van der Waals surface area contributed by atoms with Gasteiger partial charge in [-0.15, -0.1) is 0 Å². The Morgan fingerprint density at radius 2 is 1.67 bits per heavy atom. The van der Waals surface area contributed by atoms with Crippen LogP contribution in [-0.4, -0.2) is 14.2 Å². The van der Waals surface area contributed by atoms with Gasteiger partial charge in [0.25, 0.3) is 0 Å². The van der Waals surface area contributed by atoms with Crippen LogP contribution in [0, 0.1) is 17.5 Å². The van der Waals surface area contributed by atoms with Crippen LogP contribution in [-0.2, 0) is 6.54 Å². The van der Waals surface area contributed by atoms with Crippen LogP contribution in [0.15, 0.2) is 30.3 Å². The highest BCUT2D eigenvalue weighted by Gasteiger charge is 2.12. The molecule has 1 N–H and O–H groups in total. The average Bonchev–Trinajstić information content (AvgIpc) is 2.49. The molecule has 6 heteroatoms. The first kappa shape index (κ1) is 15.0. The highest BCUT2D eigenvalue weighted by molar-refractivity contribution is 5.50. The minimum Gasteiger partial charge on any atom is -0.493 e. The van der Waals surface area contributed by atoms with Gasteiger partial charge in [0, 0.05) is 24.2 Å². The molecule has 2 rings (SSSR count). The van der Waals surface area contributed by atoms with Crippen molar-refractivity contribution in [3.05, 3.63) is 53.3 Å². The van der Waals surface area contributed by atoms with E-state index in [1.165, 1.54) is 14.2 Å². The second-order valence-electron chi connectivity index (χ2n) is 4.25. The average molecular weight is 297 g/mol. The quantitative estimate of drug-likeness (QED) is 0.853. The van der Waals surface area contributed by atoms with Gasteiger partial charge in [-0.05, 0) is 6.07 Å². The van der Waals surface area contributed by atoms with Gasteiger partial charge in [-0.3, -0.25) is 0 Å². The highest BCUT2D eigenvalue weighted by atomic mass is 19.2. The molecule has 0 unspecified atom stereocenters. The van der Waals surface area contributed by atoms with E-state index in [2.05, 4.69) is 5.32 Å². The lowest BCUT2D eigenvalue weighted by Crippen LogP contribution is -2.05. The Bertz CT molecular complexity index is 647. The number of ether oxygens (including phenoxy) is 2. The molecule has 0 fully saturated rings. The molecular formula is C15H14F3NO2. The summed E-state index contributed by atoms with van der Waals surface area (Å²) in [6, 6.07) is 6.50. The molecule has 0 saturated carbocycles. The Kier molecular flexibility index (Phi) is 4.57. The monoisotopic (exact) mass is 297 g/mol. The van der Waals surface area contributed by atoms with Crippen molar-refractivity contribution in [1.82, 2.24) is 0 Å². The summed E-state index contributed by atoms with van der Waals surface area (Å²) in [6.45, 7) is 0.169. The van der Waals surface area contributed by atoms with Gasteiger partial charge >= 0.3 is 0 Å². The van der Waals surface area contributed by atoms with Gasteiger partial charge in [-0.1, -0.05) is 12.1 Å². The van der Waals surface area contributed by atoms with Gasteiger partial charge in [0.15, 0.2) is 23.1 Å². The van der Waals surface area contributed by atoms with Gasteiger partial charge in [0.2, 0.25) is 0 Å². The lowest BCUT2D eigenvalue weighted by molar-refractivity contribution is 0.352. The van der Waals surface area contributed by atoms with E-state index in [0.717, 1.165) is 6.07 Å². The topological polar surface area (TPSA) is 30.5 Å². The fourth-order valence-electron chi connectivity index (χ4n) is 1.94. The Hall–Kier alpha value is -2.37. The fraction of sp³-hybridized carbons (Fsp3) is 0.200. The zero-order valence-corrected chi connectivity index (χ0v) is 11.5. The first-order valence-corrected chi connectivity index (χ1v) is 6.15. The number of para-hydroxylation sites is 1. The summed E-state index contributed by atoms with van der Waals surface area (Å²) in [4.78, 5) is 0. The predicted octanol–water partition coefficient (Wildman–Crippen LogP) is 3.73. The number of hydrogen-bond acceptors (Lipinski definition) is 3. The SMILES string of the molecule is COc1cccc(CNc2cc(F)c(F)cc2F)c1OC. The lowest BCUT2D eigenvalue weighted by Gasteiger charge is -2.14. The van der Waals surface area contributed by atoms with Crippen LogP contribution in [0.2, 0.25) is 0 Å². The first-order chi connectivity index (χ1) is 10.1. The van der Waals surface area contributed by atoms with Crippen LogP contribution in [0.5, 0.6) is 11.5 Å². The summed E-state index contributed by atoms with van der Waals surface area (Å²) in [7, 11) is 2.99. The van der Waals surface area contributed by atoms with Crippen molar-refractivity contribution in [2.75, 3.05) is 19.5 Å². The molecule has 0 amide bonds. The predicted molar refractivity (Wildman–Crippen MR) is 73.2 cm³/mol. The molecule has 2 aromatic rings. The van der Waals surface area contributed by atoms with Crippen molar-refractivity contribution in [2.45, 2.75) is 6.54 Å². The zero-order chi connectivity index (χ0) is 15.4. The van der Waals surface area contributed by atoms with Crippen LogP contribution in [0.4, 0.5) is 18.9 Å². The van der Waals surface area contributed by atoms with E-state index in [1.54, 1.807) is 18.2 Å². The van der Waals surface area contributed by atoms with Crippen molar-refractivity contribution >= 4 is 5.69 Å². The maximum absolute atomic E-state index is 13.5. The zero-order valence-electron chi connectivity index (χ0n) is 11.5. The number of anilines is 1. The van der Waals surface area contributed by atoms with Crippen molar-refractivity contribution in [3.63, 3.8) is 0 Å². The van der Waals surface area contributed by atoms with Crippen LogP contribution < -0.4 is 14.8 Å². The standard InChI is InChI=1S/C15H14F3NO2/c1-20-14-5-3-4-9(15(14)21-2)8-19-13-7-11(17)10(16)6-12(13)18/h3-7,19H,8H2,1-2H3. The summed E-state index contributed by atoms with van der Waals surface area (Å²) < 4.78 is 49.9. The minimum absolute atomic E-state index is 0.126. The van der Waals surface area contributed by atoms with Crippen LogP contribution in [0.3, 0.4) is 0 Å². The van der Waals surface area contributed by atoms with Crippen LogP contribution in [0.25, 0.3) is 0 Å². The number of rotatable bonds is 5. The summed E-state index contributed by atoms with van der Waals surface area (Å²) in [5, 5.41) is 2.71. The smallest absolute Gasteiger partial charge is 0.165 e. The molecule has 112 valence electrons. The normalized spacial score (nSPS) is 10.3. The molecule has 0 bridgehead atoms. The third-order valence-corrected chi connectivity index (χ3v) is 2.96. The summed E-state index contributed by atoms with van der Waals surface area (Å²) in [6.07, 6.45) is 0. The maximum atomic E-state index is 13.5. The first-order valence-electron chi connectivity index (χ1n) is 6.15. The van der Waals surface area contributed by atoms with Gasteiger partial charge in [0.05, 0.1) is 19.9 Å². The molecule has 0 atom stereocenters. The molecular weight excluding hydrogens is 283 g/mol. The molecule has 0 saturated heterocycles. The molecule has 2 aromatic carbocycles. The highest BCUT2D eigenvalue weighted by Crippen LogP contribution is 2.31. The Morgan fingerprint density at radius 3 is 2.33 bits per heavy atom. The van der Waals surface area contributed by atoms with Gasteiger partial charge in [0.1, 0.15) is 5.82 Å².